The maximum atomic E-state index is 11.7. The first-order chi connectivity index (χ1) is 8.50. The molecule has 0 radical (unpaired) electrons. The maximum absolute atomic E-state index is 11.7. The summed E-state index contributed by atoms with van der Waals surface area (Å²) in [6.45, 7) is 5.11. The largest absolute Gasteiger partial charge is 0.293 e. The van der Waals surface area contributed by atoms with Crippen molar-refractivity contribution in [3.05, 3.63) is 57.5 Å². The minimum absolute atomic E-state index is 0.0242. The number of carbonyl (C=O) groups is 1. The van der Waals surface area contributed by atoms with Gasteiger partial charge in [0, 0.05) is 18.7 Å². The molecule has 0 atom stereocenters. The van der Waals surface area contributed by atoms with Crippen molar-refractivity contribution in [3.8, 4) is 5.69 Å². The molecule has 1 aromatic heterocycles. The number of hydrogen-bond acceptors (Lipinski definition) is 3. The molecule has 0 amide bonds. The molecule has 92 valence electrons. The quantitative estimate of drug-likeness (QED) is 0.757. The molecule has 4 heteroatoms. The van der Waals surface area contributed by atoms with Crippen molar-refractivity contribution >= 4 is 5.78 Å². The first-order valence-electron chi connectivity index (χ1n) is 5.68. The van der Waals surface area contributed by atoms with Gasteiger partial charge in [-0.2, -0.15) is 5.10 Å². The number of ketones is 1. The van der Waals surface area contributed by atoms with E-state index in [-0.39, 0.29) is 16.9 Å². The Morgan fingerprint density at radius 1 is 1.22 bits per heavy atom. The van der Waals surface area contributed by atoms with Crippen molar-refractivity contribution in [1.82, 2.24) is 9.78 Å². The fourth-order valence-corrected chi connectivity index (χ4v) is 1.84. The average molecular weight is 242 g/mol. The molecule has 0 spiro atoms. The number of para-hydroxylation sites is 1. The Bertz CT molecular complexity index is 672. The van der Waals surface area contributed by atoms with Crippen LogP contribution in [-0.4, -0.2) is 15.6 Å². The minimum Gasteiger partial charge on any atom is -0.293 e. The molecule has 2 aromatic rings. The predicted octanol–water partition coefficient (Wildman–Crippen LogP) is 2.05. The van der Waals surface area contributed by atoms with E-state index < -0.39 is 0 Å². The topological polar surface area (TPSA) is 52.0 Å². The molecule has 0 aliphatic carbocycles. The molecule has 2 rings (SSSR count). The molecule has 1 heterocycles. The normalized spacial score (nSPS) is 10.4. The molecule has 0 fully saturated rings. The second kappa shape index (κ2) is 4.56. The lowest BCUT2D eigenvalue weighted by atomic mass is 10.2. The zero-order valence-corrected chi connectivity index (χ0v) is 10.6. The Kier molecular flexibility index (Phi) is 3.10. The third-order valence-corrected chi connectivity index (χ3v) is 2.78. The molecule has 0 aliphatic heterocycles. The van der Waals surface area contributed by atoms with Crippen molar-refractivity contribution in [1.29, 1.82) is 0 Å². The number of rotatable bonds is 2. The highest BCUT2D eigenvalue weighted by atomic mass is 16.1. The van der Waals surface area contributed by atoms with Crippen LogP contribution < -0.4 is 5.43 Å². The van der Waals surface area contributed by atoms with Crippen molar-refractivity contribution in [3.63, 3.8) is 0 Å². The smallest absolute Gasteiger partial charge is 0.211 e. The summed E-state index contributed by atoms with van der Waals surface area (Å²) in [6.07, 6.45) is 0. The highest BCUT2D eigenvalue weighted by Crippen LogP contribution is 2.13. The van der Waals surface area contributed by atoms with Gasteiger partial charge < -0.3 is 0 Å². The number of hydrogen-bond donors (Lipinski definition) is 0. The van der Waals surface area contributed by atoms with Gasteiger partial charge in [-0.05, 0) is 25.5 Å². The van der Waals surface area contributed by atoms with Crippen molar-refractivity contribution < 1.29 is 4.79 Å². The van der Waals surface area contributed by atoms with Gasteiger partial charge in [0.05, 0.1) is 5.69 Å². The molecule has 0 aliphatic rings. The zero-order valence-electron chi connectivity index (χ0n) is 10.6. The van der Waals surface area contributed by atoms with Crippen LogP contribution in [0.25, 0.3) is 5.69 Å². The third kappa shape index (κ3) is 2.09. The highest BCUT2D eigenvalue weighted by Gasteiger charge is 2.11. The van der Waals surface area contributed by atoms with E-state index in [4.69, 9.17) is 0 Å². The van der Waals surface area contributed by atoms with Crippen LogP contribution in [0.2, 0.25) is 0 Å². The van der Waals surface area contributed by atoms with Gasteiger partial charge in [-0.1, -0.05) is 18.2 Å². The number of benzene rings is 1. The second-order valence-electron chi connectivity index (χ2n) is 4.25. The van der Waals surface area contributed by atoms with E-state index in [0.29, 0.717) is 5.69 Å². The van der Waals surface area contributed by atoms with Crippen LogP contribution in [0.1, 0.15) is 28.7 Å². The lowest BCUT2D eigenvalue weighted by Crippen LogP contribution is -2.21. The SMILES string of the molecule is CC(=O)c1nn(-c2ccccc2C)c(C)cc1=O. The van der Waals surface area contributed by atoms with Gasteiger partial charge in [0.15, 0.2) is 11.5 Å². The van der Waals surface area contributed by atoms with Gasteiger partial charge in [-0.25, -0.2) is 4.68 Å². The van der Waals surface area contributed by atoms with E-state index >= 15 is 0 Å². The third-order valence-electron chi connectivity index (χ3n) is 2.78. The molecule has 1 aromatic carbocycles. The van der Waals surface area contributed by atoms with E-state index in [2.05, 4.69) is 5.10 Å². The first-order valence-corrected chi connectivity index (χ1v) is 5.68. The van der Waals surface area contributed by atoms with Crippen LogP contribution in [0.3, 0.4) is 0 Å². The lowest BCUT2D eigenvalue weighted by molar-refractivity contribution is 0.101. The fraction of sp³-hybridized carbons (Fsp3) is 0.214. The van der Waals surface area contributed by atoms with Gasteiger partial charge in [0.2, 0.25) is 5.43 Å². The molecule has 0 unspecified atom stereocenters. The number of carbonyl (C=O) groups excluding carboxylic acids is 1. The van der Waals surface area contributed by atoms with E-state index in [0.717, 1.165) is 11.3 Å². The van der Waals surface area contributed by atoms with Gasteiger partial charge in [0.25, 0.3) is 0 Å². The number of Topliss-reactive ketones (excluding diaryl/α,β-unsaturated/α-hetero) is 1. The number of nitrogens with zero attached hydrogens (tertiary/aromatic N) is 2. The summed E-state index contributed by atoms with van der Waals surface area (Å²) >= 11 is 0. The maximum Gasteiger partial charge on any atom is 0.211 e. The highest BCUT2D eigenvalue weighted by molar-refractivity contribution is 5.91. The van der Waals surface area contributed by atoms with Gasteiger partial charge >= 0.3 is 0 Å². The predicted molar refractivity (Wildman–Crippen MR) is 69.3 cm³/mol. The Morgan fingerprint density at radius 2 is 1.89 bits per heavy atom. The number of aryl methyl sites for hydroxylation is 2. The summed E-state index contributed by atoms with van der Waals surface area (Å²) in [6, 6.07) is 9.14. The van der Waals surface area contributed by atoms with E-state index in [9.17, 15) is 9.59 Å². The van der Waals surface area contributed by atoms with Gasteiger partial charge in [-0.15, -0.1) is 0 Å². The van der Waals surface area contributed by atoms with Crippen LogP contribution in [0.5, 0.6) is 0 Å². The minimum atomic E-state index is -0.329. The van der Waals surface area contributed by atoms with Gasteiger partial charge in [-0.3, -0.25) is 9.59 Å². The Labute approximate surface area is 105 Å². The summed E-state index contributed by atoms with van der Waals surface area (Å²) in [5.74, 6) is -0.317. The summed E-state index contributed by atoms with van der Waals surface area (Å²) in [5, 5.41) is 4.16. The van der Waals surface area contributed by atoms with Gasteiger partial charge in [0.1, 0.15) is 0 Å². The van der Waals surface area contributed by atoms with Crippen molar-refractivity contribution in [2.75, 3.05) is 0 Å². The summed E-state index contributed by atoms with van der Waals surface area (Å²) in [4.78, 5) is 23.0. The molecule has 0 saturated carbocycles. The lowest BCUT2D eigenvalue weighted by Gasteiger charge is -2.12. The molecular weight excluding hydrogens is 228 g/mol. The van der Waals surface area contributed by atoms with Crippen molar-refractivity contribution in [2.45, 2.75) is 20.8 Å². The Morgan fingerprint density at radius 3 is 2.50 bits per heavy atom. The molecular formula is C14H14N2O2. The molecule has 0 saturated heterocycles. The molecule has 0 bridgehead atoms. The summed E-state index contributed by atoms with van der Waals surface area (Å²) < 4.78 is 1.63. The molecule has 4 nitrogen and oxygen atoms in total. The average Bonchev–Trinajstić information content (AvgIpc) is 2.30. The Hall–Kier alpha value is -2.23. The van der Waals surface area contributed by atoms with Crippen LogP contribution in [0.4, 0.5) is 0 Å². The summed E-state index contributed by atoms with van der Waals surface area (Å²) in [5.41, 5.74) is 2.26. The van der Waals surface area contributed by atoms with Crippen LogP contribution in [0.15, 0.2) is 35.1 Å². The van der Waals surface area contributed by atoms with Crippen LogP contribution >= 0.6 is 0 Å². The molecule has 18 heavy (non-hydrogen) atoms. The summed E-state index contributed by atoms with van der Waals surface area (Å²) in [7, 11) is 0. The van der Waals surface area contributed by atoms with Crippen LogP contribution in [0, 0.1) is 13.8 Å². The monoisotopic (exact) mass is 242 g/mol. The van der Waals surface area contributed by atoms with E-state index in [1.165, 1.54) is 13.0 Å². The molecule has 0 N–H and O–H groups in total. The first kappa shape index (κ1) is 12.2. The van der Waals surface area contributed by atoms with Crippen LogP contribution in [-0.2, 0) is 0 Å². The second-order valence-corrected chi connectivity index (χ2v) is 4.25. The number of aromatic nitrogens is 2. The Balaban J connectivity index is 2.73. The fourth-order valence-electron chi connectivity index (χ4n) is 1.84. The standard InChI is InChI=1S/C14H14N2O2/c1-9-6-4-5-7-12(9)16-10(2)8-13(18)14(15-16)11(3)17/h4-8H,1-3H3. The van der Waals surface area contributed by atoms with E-state index in [1.54, 1.807) is 11.6 Å². The zero-order chi connectivity index (χ0) is 13.3. The van der Waals surface area contributed by atoms with E-state index in [1.807, 2.05) is 31.2 Å². The van der Waals surface area contributed by atoms with Crippen molar-refractivity contribution in [2.24, 2.45) is 0 Å².